The van der Waals surface area contributed by atoms with Gasteiger partial charge in [0.15, 0.2) is 5.82 Å². The molecule has 4 heteroatoms. The fourth-order valence-electron chi connectivity index (χ4n) is 8.45. The van der Waals surface area contributed by atoms with Gasteiger partial charge in [-0.1, -0.05) is 140 Å². The lowest BCUT2D eigenvalue weighted by Gasteiger charge is -2.39. The van der Waals surface area contributed by atoms with E-state index in [1.807, 2.05) is 48.5 Å². The normalized spacial score (nSPS) is 13.4. The van der Waals surface area contributed by atoms with E-state index >= 15 is 0 Å². The van der Waals surface area contributed by atoms with E-state index < -0.39 is 5.41 Å². The highest BCUT2D eigenvalue weighted by molar-refractivity contribution is 6.13. The van der Waals surface area contributed by atoms with Crippen LogP contribution in [-0.4, -0.2) is 9.97 Å². The summed E-state index contributed by atoms with van der Waals surface area (Å²) in [6, 6.07) is 59.2. The topological polar surface area (TPSA) is 48.2 Å². The third-order valence-corrected chi connectivity index (χ3v) is 10.6. The molecule has 4 nitrogen and oxygen atoms in total. The van der Waals surface area contributed by atoms with Crippen molar-refractivity contribution in [3.05, 3.63) is 192 Å². The monoisotopic (exact) mass is 652 g/mol. The summed E-state index contributed by atoms with van der Waals surface area (Å²) in [6.07, 6.45) is 0. The van der Waals surface area contributed by atoms with Crippen LogP contribution in [0.5, 0.6) is 11.5 Å². The predicted molar refractivity (Wildman–Crippen MR) is 203 cm³/mol. The second-order valence-electron chi connectivity index (χ2n) is 13.3. The predicted octanol–water partition coefficient (Wildman–Crippen LogP) is 11.8. The van der Waals surface area contributed by atoms with Crippen LogP contribution in [0.25, 0.3) is 67.0 Å². The molecule has 0 radical (unpaired) electrons. The molecule has 7 aromatic carbocycles. The molecule has 2 aliphatic rings. The molecule has 2 aromatic heterocycles. The molecule has 0 amide bonds. The van der Waals surface area contributed by atoms with Gasteiger partial charge in [-0.25, -0.2) is 9.97 Å². The average molecular weight is 653 g/mol. The molecule has 0 unspecified atom stereocenters. The van der Waals surface area contributed by atoms with Crippen LogP contribution >= 0.6 is 0 Å². The van der Waals surface area contributed by atoms with Gasteiger partial charge in [-0.05, 0) is 52.6 Å². The first-order valence-electron chi connectivity index (χ1n) is 17.2. The van der Waals surface area contributed by atoms with Crippen LogP contribution in [0.4, 0.5) is 0 Å². The fourth-order valence-corrected chi connectivity index (χ4v) is 8.45. The second kappa shape index (κ2) is 10.6. The number of furan rings is 1. The van der Waals surface area contributed by atoms with Crippen LogP contribution < -0.4 is 4.74 Å². The largest absolute Gasteiger partial charge is 0.457 e. The zero-order valence-corrected chi connectivity index (χ0v) is 27.4. The summed E-state index contributed by atoms with van der Waals surface area (Å²) in [5.41, 5.74) is 12.9. The van der Waals surface area contributed by atoms with Crippen molar-refractivity contribution in [3.8, 4) is 56.5 Å². The average Bonchev–Trinajstić information content (AvgIpc) is 3.71. The Bertz CT molecular complexity index is 2730. The van der Waals surface area contributed by atoms with Crippen LogP contribution in [0.3, 0.4) is 0 Å². The second-order valence-corrected chi connectivity index (χ2v) is 13.3. The summed E-state index contributed by atoms with van der Waals surface area (Å²) in [7, 11) is 0. The number of fused-ring (bicyclic) bond motifs is 12. The Labute approximate surface area is 294 Å². The molecule has 1 aliphatic carbocycles. The number of ether oxygens (including phenoxy) is 1. The number of hydrogen-bond acceptors (Lipinski definition) is 4. The lowest BCUT2D eigenvalue weighted by Crippen LogP contribution is -2.32. The number of para-hydroxylation sites is 1. The van der Waals surface area contributed by atoms with Crippen LogP contribution in [0.15, 0.2) is 174 Å². The van der Waals surface area contributed by atoms with E-state index in [9.17, 15) is 0 Å². The summed E-state index contributed by atoms with van der Waals surface area (Å²) in [4.78, 5) is 10.2. The number of aromatic nitrogens is 2. The van der Waals surface area contributed by atoms with E-state index in [2.05, 4.69) is 121 Å². The van der Waals surface area contributed by atoms with Crippen molar-refractivity contribution in [1.82, 2.24) is 9.97 Å². The fraction of sp³-hybridized carbons (Fsp3) is 0.0213. The van der Waals surface area contributed by atoms with Crippen LogP contribution in [-0.2, 0) is 5.41 Å². The van der Waals surface area contributed by atoms with Crippen molar-refractivity contribution in [2.75, 3.05) is 0 Å². The molecule has 238 valence electrons. The highest BCUT2D eigenvalue weighted by Gasteiger charge is 2.51. The van der Waals surface area contributed by atoms with Crippen molar-refractivity contribution >= 4 is 21.9 Å². The molecule has 0 saturated carbocycles. The molecular weight excluding hydrogens is 625 g/mol. The maximum absolute atomic E-state index is 6.85. The van der Waals surface area contributed by atoms with Gasteiger partial charge in [-0.15, -0.1) is 0 Å². The molecule has 51 heavy (non-hydrogen) atoms. The Balaban J connectivity index is 1.19. The molecule has 9 aromatic rings. The van der Waals surface area contributed by atoms with Crippen molar-refractivity contribution < 1.29 is 9.15 Å². The number of nitrogens with zero attached hydrogens (tertiary/aromatic N) is 2. The van der Waals surface area contributed by atoms with E-state index in [1.54, 1.807) is 0 Å². The van der Waals surface area contributed by atoms with Gasteiger partial charge < -0.3 is 9.15 Å². The summed E-state index contributed by atoms with van der Waals surface area (Å²) < 4.78 is 13.6. The summed E-state index contributed by atoms with van der Waals surface area (Å²) in [6.45, 7) is 0. The first-order valence-corrected chi connectivity index (χ1v) is 17.2. The molecule has 1 spiro atoms. The molecule has 1 aliphatic heterocycles. The quantitative estimate of drug-likeness (QED) is 0.191. The Morgan fingerprint density at radius 1 is 0.412 bits per heavy atom. The lowest BCUT2D eigenvalue weighted by atomic mass is 9.66. The van der Waals surface area contributed by atoms with Crippen molar-refractivity contribution in [3.63, 3.8) is 0 Å². The van der Waals surface area contributed by atoms with Gasteiger partial charge in [0.1, 0.15) is 22.7 Å². The molecular formula is C47H28N2O2. The van der Waals surface area contributed by atoms with E-state index in [0.29, 0.717) is 5.82 Å². The van der Waals surface area contributed by atoms with E-state index in [-0.39, 0.29) is 0 Å². The summed E-state index contributed by atoms with van der Waals surface area (Å²) >= 11 is 0. The van der Waals surface area contributed by atoms with Crippen LogP contribution in [0.2, 0.25) is 0 Å². The highest BCUT2D eigenvalue weighted by Crippen LogP contribution is 2.62. The number of hydrogen-bond donors (Lipinski definition) is 0. The van der Waals surface area contributed by atoms with Gasteiger partial charge in [0, 0.05) is 38.6 Å². The van der Waals surface area contributed by atoms with Crippen molar-refractivity contribution in [1.29, 1.82) is 0 Å². The van der Waals surface area contributed by atoms with Gasteiger partial charge in [-0.3, -0.25) is 0 Å². The van der Waals surface area contributed by atoms with E-state index in [0.717, 1.165) is 72.6 Å². The zero-order chi connectivity index (χ0) is 33.5. The smallest absolute Gasteiger partial charge is 0.160 e. The van der Waals surface area contributed by atoms with Gasteiger partial charge in [-0.2, -0.15) is 0 Å². The Morgan fingerprint density at radius 3 is 1.76 bits per heavy atom. The van der Waals surface area contributed by atoms with E-state index in [1.165, 1.54) is 22.3 Å². The Kier molecular flexibility index (Phi) is 5.84. The maximum Gasteiger partial charge on any atom is 0.160 e. The zero-order valence-electron chi connectivity index (χ0n) is 27.4. The minimum absolute atomic E-state index is 0.560. The number of benzene rings is 7. The van der Waals surface area contributed by atoms with Crippen LogP contribution in [0, 0.1) is 0 Å². The van der Waals surface area contributed by atoms with Crippen molar-refractivity contribution in [2.45, 2.75) is 5.41 Å². The van der Waals surface area contributed by atoms with Gasteiger partial charge in [0.2, 0.25) is 0 Å². The highest BCUT2D eigenvalue weighted by atomic mass is 16.5. The molecule has 3 heterocycles. The van der Waals surface area contributed by atoms with Gasteiger partial charge >= 0.3 is 0 Å². The number of rotatable bonds is 3. The Morgan fingerprint density at radius 2 is 1.02 bits per heavy atom. The summed E-state index contributed by atoms with van der Waals surface area (Å²) in [5, 5.41) is 1.98. The molecule has 0 saturated heterocycles. The van der Waals surface area contributed by atoms with Gasteiger partial charge in [0.25, 0.3) is 0 Å². The third-order valence-electron chi connectivity index (χ3n) is 10.6. The molecule has 0 atom stereocenters. The summed E-state index contributed by atoms with van der Waals surface area (Å²) in [5.74, 6) is 2.36. The van der Waals surface area contributed by atoms with Crippen molar-refractivity contribution in [2.24, 2.45) is 0 Å². The SMILES string of the molecule is c1ccc(-c2cc(-c3cccc4oc5cc6c(cc5c34)Oc3ccccc3C63c4ccccc4-c4ccccc43)nc(-c3ccccc3)n2)cc1. The molecule has 11 rings (SSSR count). The van der Waals surface area contributed by atoms with E-state index in [4.69, 9.17) is 19.1 Å². The molecule has 0 fully saturated rings. The minimum atomic E-state index is -0.560. The van der Waals surface area contributed by atoms with Gasteiger partial charge in [0.05, 0.1) is 16.8 Å². The molecule has 0 bridgehead atoms. The standard InChI is InChI=1S/C47H28N2O2/c1-3-14-29(15-4-1)39-28-40(49-46(48-39)30-16-5-2-6-17-30)33-20-13-25-42-45(33)34-26-44-38(27-43(34)51-42)47(37-23-11-12-24-41(37)50-44)35-21-9-7-18-31(35)32-19-8-10-22-36(32)47/h1-28H. The third kappa shape index (κ3) is 3.96. The maximum atomic E-state index is 6.85. The van der Waals surface area contributed by atoms with Crippen LogP contribution in [0.1, 0.15) is 22.3 Å². The lowest BCUT2D eigenvalue weighted by molar-refractivity contribution is 0.437. The first kappa shape index (κ1) is 28.1. The first-order chi connectivity index (χ1) is 25.3. The Hall–Kier alpha value is -6.78. The molecule has 0 N–H and O–H groups in total. The minimum Gasteiger partial charge on any atom is -0.457 e.